The third-order valence-electron chi connectivity index (χ3n) is 3.81. The van der Waals surface area contributed by atoms with Crippen molar-refractivity contribution in [1.82, 2.24) is 9.80 Å². The number of nitrogens with one attached hydrogen (secondary N) is 1. The van der Waals surface area contributed by atoms with Crippen LogP contribution >= 0.6 is 11.6 Å². The second kappa shape index (κ2) is 7.51. The molecule has 0 bridgehead atoms. The highest BCUT2D eigenvalue weighted by atomic mass is 35.5. The Labute approximate surface area is 142 Å². The van der Waals surface area contributed by atoms with Crippen molar-refractivity contribution in [3.05, 3.63) is 29.3 Å². The minimum absolute atomic E-state index is 0.0242. The fourth-order valence-electron chi connectivity index (χ4n) is 2.53. The number of hydrogen-bond acceptors (Lipinski definition) is 4. The zero-order valence-electron chi connectivity index (χ0n) is 13.3. The standard InChI is InChI=1S/C15H22ClN3O3S/c1-18(2)8-9-19(12-7-10-23(21,22)11-12)15(20)17-14-6-4-3-5-13(14)16/h3-6,12H,7-11H2,1-2H3,(H,17,20). The van der Waals surface area contributed by atoms with E-state index in [0.717, 1.165) is 0 Å². The SMILES string of the molecule is CN(C)CCN(C(=O)Nc1ccccc1Cl)C1CCS(=O)(=O)C1. The Hall–Kier alpha value is -1.31. The maximum Gasteiger partial charge on any atom is 0.322 e. The van der Waals surface area contributed by atoms with E-state index >= 15 is 0 Å². The minimum Gasteiger partial charge on any atom is -0.319 e. The summed E-state index contributed by atoms with van der Waals surface area (Å²) >= 11 is 6.07. The predicted molar refractivity (Wildman–Crippen MR) is 92.8 cm³/mol. The predicted octanol–water partition coefficient (Wildman–Crippen LogP) is 1.92. The molecule has 0 radical (unpaired) electrons. The lowest BCUT2D eigenvalue weighted by Gasteiger charge is -2.29. The zero-order chi connectivity index (χ0) is 17.0. The van der Waals surface area contributed by atoms with Gasteiger partial charge in [0.25, 0.3) is 0 Å². The first kappa shape index (κ1) is 18.0. The number of amides is 2. The van der Waals surface area contributed by atoms with Crippen molar-refractivity contribution in [3.8, 4) is 0 Å². The van der Waals surface area contributed by atoms with E-state index in [-0.39, 0.29) is 23.6 Å². The third-order valence-corrected chi connectivity index (χ3v) is 5.89. The van der Waals surface area contributed by atoms with Crippen molar-refractivity contribution >= 4 is 33.2 Å². The normalized spacial score (nSPS) is 19.7. The molecule has 1 aliphatic heterocycles. The lowest BCUT2D eigenvalue weighted by Crippen LogP contribution is -2.46. The molecule has 1 aromatic carbocycles. The van der Waals surface area contributed by atoms with Crippen molar-refractivity contribution in [2.24, 2.45) is 0 Å². The second-order valence-corrected chi connectivity index (χ2v) is 8.60. The van der Waals surface area contributed by atoms with Crippen LogP contribution in [0.5, 0.6) is 0 Å². The van der Waals surface area contributed by atoms with Gasteiger partial charge in [-0.25, -0.2) is 13.2 Å². The molecular formula is C15H22ClN3O3S. The Morgan fingerprint density at radius 1 is 1.30 bits per heavy atom. The molecule has 0 aromatic heterocycles. The van der Waals surface area contributed by atoms with E-state index in [2.05, 4.69) is 5.32 Å². The van der Waals surface area contributed by atoms with Gasteiger partial charge >= 0.3 is 6.03 Å². The van der Waals surface area contributed by atoms with Crippen LogP contribution in [0.15, 0.2) is 24.3 Å². The fourth-order valence-corrected chi connectivity index (χ4v) is 4.44. The van der Waals surface area contributed by atoms with E-state index in [9.17, 15) is 13.2 Å². The van der Waals surface area contributed by atoms with Crippen molar-refractivity contribution in [1.29, 1.82) is 0 Å². The Morgan fingerprint density at radius 2 is 2.00 bits per heavy atom. The number of sulfone groups is 1. The molecule has 1 fully saturated rings. The van der Waals surface area contributed by atoms with Crippen LogP contribution in [-0.4, -0.2) is 69.0 Å². The van der Waals surface area contributed by atoms with Gasteiger partial charge in [-0.05, 0) is 32.6 Å². The number of likely N-dealkylation sites (N-methyl/N-ethyl adjacent to an activating group) is 1. The van der Waals surface area contributed by atoms with E-state index in [1.54, 1.807) is 29.2 Å². The molecule has 1 saturated heterocycles. The van der Waals surface area contributed by atoms with E-state index in [1.165, 1.54) is 0 Å². The summed E-state index contributed by atoms with van der Waals surface area (Å²) in [6.07, 6.45) is 0.478. The molecule has 8 heteroatoms. The average Bonchev–Trinajstić information content (AvgIpc) is 2.81. The van der Waals surface area contributed by atoms with Crippen LogP contribution in [0.4, 0.5) is 10.5 Å². The Morgan fingerprint density at radius 3 is 2.57 bits per heavy atom. The summed E-state index contributed by atoms with van der Waals surface area (Å²) in [5.74, 6) is 0.159. The van der Waals surface area contributed by atoms with Gasteiger partial charge in [0, 0.05) is 19.1 Å². The molecule has 1 unspecified atom stereocenters. The molecule has 0 saturated carbocycles. The molecule has 128 valence electrons. The lowest BCUT2D eigenvalue weighted by molar-refractivity contribution is 0.186. The van der Waals surface area contributed by atoms with E-state index < -0.39 is 9.84 Å². The highest BCUT2D eigenvalue weighted by Crippen LogP contribution is 2.23. The summed E-state index contributed by atoms with van der Waals surface area (Å²) < 4.78 is 23.5. The smallest absolute Gasteiger partial charge is 0.319 e. The van der Waals surface area contributed by atoms with Crippen LogP contribution in [0.3, 0.4) is 0 Å². The molecular weight excluding hydrogens is 338 g/mol. The summed E-state index contributed by atoms with van der Waals surface area (Å²) in [4.78, 5) is 16.2. The van der Waals surface area contributed by atoms with Crippen LogP contribution in [-0.2, 0) is 9.84 Å². The summed E-state index contributed by atoms with van der Waals surface area (Å²) in [6.45, 7) is 1.12. The number of halogens is 1. The van der Waals surface area contributed by atoms with Crippen molar-refractivity contribution < 1.29 is 13.2 Å². The molecule has 1 aromatic rings. The zero-order valence-corrected chi connectivity index (χ0v) is 14.9. The molecule has 0 spiro atoms. The topological polar surface area (TPSA) is 69.7 Å². The van der Waals surface area contributed by atoms with Crippen LogP contribution < -0.4 is 5.32 Å². The Bertz CT molecular complexity index is 664. The summed E-state index contributed by atoms with van der Waals surface area (Å²) in [5.41, 5.74) is 0.523. The molecule has 1 heterocycles. The summed E-state index contributed by atoms with van der Waals surface area (Å²) in [6, 6.07) is 6.37. The van der Waals surface area contributed by atoms with Gasteiger partial charge in [0.05, 0.1) is 22.2 Å². The van der Waals surface area contributed by atoms with Gasteiger partial charge < -0.3 is 15.1 Å². The quantitative estimate of drug-likeness (QED) is 0.872. The van der Waals surface area contributed by atoms with E-state index in [1.807, 2.05) is 19.0 Å². The number of benzene rings is 1. The Balaban J connectivity index is 2.12. The summed E-state index contributed by atoms with van der Waals surface area (Å²) in [5, 5.41) is 3.23. The minimum atomic E-state index is -3.05. The van der Waals surface area contributed by atoms with Crippen LogP contribution in [0.25, 0.3) is 0 Å². The molecule has 1 aliphatic rings. The number of hydrogen-bond donors (Lipinski definition) is 1. The van der Waals surface area contributed by atoms with Gasteiger partial charge in [0.15, 0.2) is 9.84 Å². The van der Waals surface area contributed by atoms with E-state index in [4.69, 9.17) is 11.6 Å². The van der Waals surface area contributed by atoms with Gasteiger partial charge in [-0.15, -0.1) is 0 Å². The lowest BCUT2D eigenvalue weighted by atomic mass is 10.2. The second-order valence-electron chi connectivity index (χ2n) is 5.96. The van der Waals surface area contributed by atoms with Crippen LogP contribution in [0, 0.1) is 0 Å². The van der Waals surface area contributed by atoms with Crippen LogP contribution in [0.2, 0.25) is 5.02 Å². The third kappa shape index (κ3) is 5.09. The molecule has 2 rings (SSSR count). The molecule has 1 atom stereocenters. The number of carbonyl (C=O) groups excluding carboxylic acids is 1. The van der Waals surface area contributed by atoms with Crippen molar-refractivity contribution in [3.63, 3.8) is 0 Å². The number of carbonyl (C=O) groups is 1. The van der Waals surface area contributed by atoms with E-state index in [0.29, 0.717) is 30.2 Å². The number of rotatable bonds is 5. The summed E-state index contributed by atoms with van der Waals surface area (Å²) in [7, 11) is 0.770. The molecule has 6 nitrogen and oxygen atoms in total. The number of nitrogens with zero attached hydrogens (tertiary/aromatic N) is 2. The van der Waals surface area contributed by atoms with Crippen LogP contribution in [0.1, 0.15) is 6.42 Å². The number of anilines is 1. The monoisotopic (exact) mass is 359 g/mol. The highest BCUT2D eigenvalue weighted by molar-refractivity contribution is 7.91. The largest absolute Gasteiger partial charge is 0.322 e. The first-order chi connectivity index (χ1) is 10.8. The average molecular weight is 360 g/mol. The van der Waals surface area contributed by atoms with Crippen molar-refractivity contribution in [2.45, 2.75) is 12.5 Å². The number of urea groups is 1. The molecule has 2 amide bonds. The fraction of sp³-hybridized carbons (Fsp3) is 0.533. The van der Waals surface area contributed by atoms with Gasteiger partial charge in [0.2, 0.25) is 0 Å². The first-order valence-electron chi connectivity index (χ1n) is 7.46. The maximum absolute atomic E-state index is 12.6. The molecule has 0 aliphatic carbocycles. The van der Waals surface area contributed by atoms with Gasteiger partial charge in [-0.2, -0.15) is 0 Å². The van der Waals surface area contributed by atoms with Gasteiger partial charge in [-0.3, -0.25) is 0 Å². The van der Waals surface area contributed by atoms with Gasteiger partial charge in [-0.1, -0.05) is 23.7 Å². The molecule has 1 N–H and O–H groups in total. The maximum atomic E-state index is 12.6. The van der Waals surface area contributed by atoms with Crippen molar-refractivity contribution in [2.75, 3.05) is 44.0 Å². The first-order valence-corrected chi connectivity index (χ1v) is 9.66. The van der Waals surface area contributed by atoms with Gasteiger partial charge in [0.1, 0.15) is 0 Å². The number of para-hydroxylation sites is 1. The Kier molecular flexibility index (Phi) is 5.89. The highest BCUT2D eigenvalue weighted by Gasteiger charge is 2.34. The molecule has 23 heavy (non-hydrogen) atoms.